The molecule has 0 atom stereocenters. The summed E-state index contributed by atoms with van der Waals surface area (Å²) in [5, 5.41) is 13.2. The summed E-state index contributed by atoms with van der Waals surface area (Å²) in [6, 6.07) is 17.0. The summed E-state index contributed by atoms with van der Waals surface area (Å²) in [5.41, 5.74) is 5.83. The standard InChI is InChI=1S/C34H38N6O5/c1-21-7-6-8-22(2)31(21)39-20-23-19-35-33(36-27-11-9-24(17-29(27)44-4)38-15-13-25(41)14-16-38)37-32(23)40(34(39)42)28-12-10-26(43-3)18-30(28)45-5/h6-12,17-19,25,41H,13-16,20H2,1-5H3,(H,35,36,37). The molecular weight excluding hydrogens is 572 g/mol. The van der Waals surface area contributed by atoms with Crippen LogP contribution in [-0.4, -0.2) is 61.6 Å². The van der Waals surface area contributed by atoms with Gasteiger partial charge in [0.15, 0.2) is 5.82 Å². The summed E-state index contributed by atoms with van der Waals surface area (Å²) in [6.07, 6.45) is 2.98. The highest BCUT2D eigenvalue weighted by molar-refractivity contribution is 6.11. The molecule has 1 saturated heterocycles. The SMILES string of the molecule is COc1ccc(N2C(=O)N(c3c(C)cccc3C)Cc3cnc(Nc4ccc(N5CCC(O)CC5)cc4OC)nc32)c(OC)c1. The second kappa shape index (κ2) is 12.5. The van der Waals surface area contributed by atoms with Crippen molar-refractivity contribution in [1.29, 1.82) is 0 Å². The summed E-state index contributed by atoms with van der Waals surface area (Å²) < 4.78 is 16.9. The monoisotopic (exact) mass is 610 g/mol. The van der Waals surface area contributed by atoms with E-state index in [1.807, 2.05) is 50.2 Å². The lowest BCUT2D eigenvalue weighted by atomic mass is 10.1. The normalized spacial score (nSPS) is 15.2. The number of carbonyl (C=O) groups is 1. The molecule has 0 saturated carbocycles. The Bertz CT molecular complexity index is 1700. The third-order valence-electron chi connectivity index (χ3n) is 8.40. The van der Waals surface area contributed by atoms with Crippen molar-refractivity contribution in [2.24, 2.45) is 0 Å². The van der Waals surface area contributed by atoms with E-state index in [9.17, 15) is 9.90 Å². The van der Waals surface area contributed by atoms with Gasteiger partial charge in [0.1, 0.15) is 17.2 Å². The van der Waals surface area contributed by atoms with Crippen molar-refractivity contribution >= 4 is 40.5 Å². The summed E-state index contributed by atoms with van der Waals surface area (Å²) in [4.78, 5) is 29.5. The Morgan fingerprint density at radius 1 is 0.911 bits per heavy atom. The first-order chi connectivity index (χ1) is 21.8. The molecule has 2 aliphatic rings. The maximum absolute atomic E-state index is 14.4. The number of rotatable bonds is 8. The quantitative estimate of drug-likeness (QED) is 0.244. The van der Waals surface area contributed by atoms with Crippen LogP contribution in [0.5, 0.6) is 17.2 Å². The third-order valence-corrected chi connectivity index (χ3v) is 8.40. The van der Waals surface area contributed by atoms with Gasteiger partial charge in [0, 0.05) is 42.7 Å². The number of para-hydroxylation sites is 1. The molecule has 4 aromatic rings. The molecule has 6 rings (SSSR count). The molecule has 11 nitrogen and oxygen atoms in total. The summed E-state index contributed by atoms with van der Waals surface area (Å²) in [5.74, 6) is 2.46. The molecule has 234 valence electrons. The molecule has 0 bridgehead atoms. The number of fused-ring (bicyclic) bond motifs is 1. The predicted molar refractivity (Wildman–Crippen MR) is 175 cm³/mol. The average Bonchev–Trinajstić information content (AvgIpc) is 3.05. The Labute approximate surface area is 263 Å². The number of aliphatic hydroxyl groups excluding tert-OH is 1. The third kappa shape index (κ3) is 5.78. The van der Waals surface area contributed by atoms with Crippen LogP contribution in [0.1, 0.15) is 29.5 Å². The summed E-state index contributed by atoms with van der Waals surface area (Å²) >= 11 is 0. The number of benzene rings is 3. The molecule has 0 aliphatic carbocycles. The molecule has 3 heterocycles. The van der Waals surface area contributed by atoms with E-state index in [-0.39, 0.29) is 12.1 Å². The van der Waals surface area contributed by atoms with E-state index in [0.717, 1.165) is 54.0 Å². The number of ether oxygens (including phenoxy) is 3. The zero-order valence-corrected chi connectivity index (χ0v) is 26.2. The topological polar surface area (TPSA) is 113 Å². The number of hydrogen-bond acceptors (Lipinski definition) is 9. The van der Waals surface area contributed by atoms with E-state index >= 15 is 0 Å². The number of nitrogens with zero attached hydrogens (tertiary/aromatic N) is 5. The smallest absolute Gasteiger partial charge is 0.335 e. The van der Waals surface area contributed by atoms with E-state index in [0.29, 0.717) is 46.9 Å². The van der Waals surface area contributed by atoms with Gasteiger partial charge in [-0.2, -0.15) is 4.98 Å². The van der Waals surface area contributed by atoms with Gasteiger partial charge < -0.3 is 29.5 Å². The lowest BCUT2D eigenvalue weighted by Crippen LogP contribution is -2.46. The van der Waals surface area contributed by atoms with Gasteiger partial charge in [-0.15, -0.1) is 0 Å². The second-order valence-electron chi connectivity index (χ2n) is 11.3. The number of anilines is 6. The fourth-order valence-corrected chi connectivity index (χ4v) is 6.03. The Hall–Kier alpha value is -5.03. The molecule has 2 N–H and O–H groups in total. The first-order valence-electron chi connectivity index (χ1n) is 14.9. The molecule has 2 aliphatic heterocycles. The number of aliphatic hydroxyl groups is 1. The maximum Gasteiger partial charge on any atom is 0.335 e. The number of nitrogens with one attached hydrogen (secondary N) is 1. The number of piperidine rings is 1. The first-order valence-corrected chi connectivity index (χ1v) is 14.9. The number of carbonyl (C=O) groups excluding carboxylic acids is 1. The van der Waals surface area contributed by atoms with Gasteiger partial charge >= 0.3 is 6.03 Å². The molecule has 1 aromatic heterocycles. The van der Waals surface area contributed by atoms with E-state index in [1.165, 1.54) is 0 Å². The fraction of sp³-hybridized carbons (Fsp3) is 0.324. The van der Waals surface area contributed by atoms with Crippen LogP contribution in [0.2, 0.25) is 0 Å². The van der Waals surface area contributed by atoms with E-state index in [1.54, 1.807) is 55.5 Å². The maximum atomic E-state index is 14.4. The molecule has 0 spiro atoms. The number of hydrogen-bond donors (Lipinski definition) is 2. The van der Waals surface area contributed by atoms with Gasteiger partial charge in [0.05, 0.1) is 51.0 Å². The van der Waals surface area contributed by atoms with E-state index < -0.39 is 0 Å². The van der Waals surface area contributed by atoms with Gasteiger partial charge in [-0.1, -0.05) is 18.2 Å². The number of methoxy groups -OCH3 is 3. The minimum absolute atomic E-state index is 0.248. The van der Waals surface area contributed by atoms with Gasteiger partial charge in [-0.05, 0) is 62.1 Å². The van der Waals surface area contributed by atoms with Crippen molar-refractivity contribution in [3.05, 3.63) is 77.5 Å². The average molecular weight is 611 g/mol. The highest BCUT2D eigenvalue weighted by Crippen LogP contribution is 2.43. The number of aromatic nitrogens is 2. The number of aryl methyl sites for hydroxylation is 2. The van der Waals surface area contributed by atoms with E-state index in [2.05, 4.69) is 15.2 Å². The Morgan fingerprint density at radius 2 is 1.64 bits per heavy atom. The molecule has 0 radical (unpaired) electrons. The molecule has 45 heavy (non-hydrogen) atoms. The molecular formula is C34H38N6O5. The van der Waals surface area contributed by atoms with Gasteiger partial charge in [0.2, 0.25) is 5.95 Å². The number of amides is 2. The van der Waals surface area contributed by atoms with Gasteiger partial charge in [0.25, 0.3) is 0 Å². The van der Waals surface area contributed by atoms with Crippen molar-refractivity contribution < 1.29 is 24.1 Å². The minimum atomic E-state index is -0.262. The molecule has 11 heteroatoms. The van der Waals surface area contributed by atoms with Gasteiger partial charge in [-0.3, -0.25) is 4.90 Å². The summed E-state index contributed by atoms with van der Waals surface area (Å²) in [6.45, 7) is 5.86. The zero-order valence-electron chi connectivity index (χ0n) is 26.2. The zero-order chi connectivity index (χ0) is 31.7. The molecule has 1 fully saturated rings. The lowest BCUT2D eigenvalue weighted by molar-refractivity contribution is 0.145. The van der Waals surface area contributed by atoms with Crippen LogP contribution in [0, 0.1) is 13.8 Å². The predicted octanol–water partition coefficient (Wildman–Crippen LogP) is 6.10. The molecule has 0 unspecified atom stereocenters. The highest BCUT2D eigenvalue weighted by Gasteiger charge is 2.37. The van der Waals surface area contributed by atoms with Crippen LogP contribution in [0.25, 0.3) is 0 Å². The Balaban J connectivity index is 1.40. The van der Waals surface area contributed by atoms with Crippen molar-refractivity contribution in [3.8, 4) is 17.2 Å². The largest absolute Gasteiger partial charge is 0.497 e. The number of urea groups is 1. The van der Waals surface area contributed by atoms with Crippen molar-refractivity contribution in [1.82, 2.24) is 9.97 Å². The lowest BCUT2D eigenvalue weighted by Gasteiger charge is -2.37. The first kappa shape index (κ1) is 30.0. The molecule has 3 aromatic carbocycles. The van der Waals surface area contributed by atoms with Crippen LogP contribution >= 0.6 is 0 Å². The van der Waals surface area contributed by atoms with Crippen molar-refractivity contribution in [2.75, 3.05) is 54.4 Å². The minimum Gasteiger partial charge on any atom is -0.497 e. The summed E-state index contributed by atoms with van der Waals surface area (Å²) in [7, 11) is 4.77. The van der Waals surface area contributed by atoms with Crippen LogP contribution < -0.4 is 34.2 Å². The van der Waals surface area contributed by atoms with Crippen LogP contribution in [0.4, 0.5) is 39.3 Å². The van der Waals surface area contributed by atoms with Crippen LogP contribution in [-0.2, 0) is 6.54 Å². The Morgan fingerprint density at radius 3 is 2.33 bits per heavy atom. The van der Waals surface area contributed by atoms with Gasteiger partial charge in [-0.25, -0.2) is 14.7 Å². The van der Waals surface area contributed by atoms with Crippen LogP contribution in [0.3, 0.4) is 0 Å². The molecule has 2 amide bonds. The highest BCUT2D eigenvalue weighted by atomic mass is 16.5. The van der Waals surface area contributed by atoms with Crippen molar-refractivity contribution in [2.45, 2.75) is 39.3 Å². The van der Waals surface area contributed by atoms with Crippen molar-refractivity contribution in [3.63, 3.8) is 0 Å². The Kier molecular flexibility index (Phi) is 8.36. The van der Waals surface area contributed by atoms with Crippen LogP contribution in [0.15, 0.2) is 60.8 Å². The van der Waals surface area contributed by atoms with E-state index in [4.69, 9.17) is 19.2 Å². The fourth-order valence-electron chi connectivity index (χ4n) is 6.03. The second-order valence-corrected chi connectivity index (χ2v) is 11.3.